The van der Waals surface area contributed by atoms with E-state index < -0.39 is 29.7 Å². The number of esters is 2. The van der Waals surface area contributed by atoms with E-state index in [1.807, 2.05) is 0 Å². The molecule has 0 saturated heterocycles. The summed E-state index contributed by atoms with van der Waals surface area (Å²) in [5, 5.41) is 11.1. The molecule has 5 nitrogen and oxygen atoms in total. The van der Waals surface area contributed by atoms with Crippen molar-refractivity contribution in [1.82, 2.24) is 0 Å². The molecule has 136 valence electrons. The minimum absolute atomic E-state index is 0.114. The Labute approximate surface area is 144 Å². The summed E-state index contributed by atoms with van der Waals surface area (Å²) in [7, 11) is 0. The van der Waals surface area contributed by atoms with Crippen LogP contribution in [0.4, 0.5) is 0 Å². The number of hydrogen-bond acceptors (Lipinski definition) is 5. The number of aliphatic hydroxyl groups is 1. The second kappa shape index (κ2) is 6.51. The van der Waals surface area contributed by atoms with Crippen LogP contribution in [0.3, 0.4) is 0 Å². The Kier molecular flexibility index (Phi) is 5.14. The van der Waals surface area contributed by atoms with Crippen molar-refractivity contribution < 1.29 is 24.2 Å². The van der Waals surface area contributed by atoms with Gasteiger partial charge in [-0.15, -0.1) is 0 Å². The normalized spacial score (nSPS) is 38.7. The van der Waals surface area contributed by atoms with Gasteiger partial charge in [-0.2, -0.15) is 0 Å². The third-order valence-electron chi connectivity index (χ3n) is 5.88. The van der Waals surface area contributed by atoms with Crippen molar-refractivity contribution in [2.75, 3.05) is 0 Å². The van der Waals surface area contributed by atoms with Gasteiger partial charge in [-0.3, -0.25) is 9.59 Å². The van der Waals surface area contributed by atoms with E-state index in [0.717, 1.165) is 12.0 Å². The van der Waals surface area contributed by atoms with Gasteiger partial charge in [-0.25, -0.2) is 0 Å². The van der Waals surface area contributed by atoms with E-state index in [0.29, 0.717) is 25.2 Å². The summed E-state index contributed by atoms with van der Waals surface area (Å²) in [6.07, 6.45) is 1.32. The van der Waals surface area contributed by atoms with E-state index in [2.05, 4.69) is 20.4 Å². The molecular weight excluding hydrogens is 308 g/mol. The number of allylic oxidation sites excluding steroid dienone is 1. The molecule has 0 unspecified atom stereocenters. The molecule has 0 radical (unpaired) electrons. The van der Waals surface area contributed by atoms with Gasteiger partial charge in [-0.1, -0.05) is 26.0 Å². The molecule has 2 saturated carbocycles. The van der Waals surface area contributed by atoms with Crippen LogP contribution in [0.2, 0.25) is 0 Å². The molecule has 1 N–H and O–H groups in total. The molecule has 0 bridgehead atoms. The molecule has 2 aliphatic carbocycles. The van der Waals surface area contributed by atoms with Gasteiger partial charge < -0.3 is 14.6 Å². The summed E-state index contributed by atoms with van der Waals surface area (Å²) in [6.45, 7) is 12.9. The SMILES string of the molecule is C=C1CC[C@@H](OC(C)=O)[C@@](C)(O)[C@@H](OC(C)=O)C[C@@H]2[C@@H]1CC2(C)C. The van der Waals surface area contributed by atoms with Gasteiger partial charge >= 0.3 is 11.9 Å². The van der Waals surface area contributed by atoms with Gasteiger partial charge in [-0.05, 0) is 49.9 Å². The van der Waals surface area contributed by atoms with Crippen LogP contribution >= 0.6 is 0 Å². The van der Waals surface area contributed by atoms with Crippen molar-refractivity contribution in [1.29, 1.82) is 0 Å². The molecule has 2 aliphatic rings. The number of ether oxygens (including phenoxy) is 2. The van der Waals surface area contributed by atoms with Crippen molar-refractivity contribution in [3.8, 4) is 0 Å². The fourth-order valence-corrected chi connectivity index (χ4v) is 4.37. The zero-order valence-electron chi connectivity index (χ0n) is 15.4. The molecular formula is C19H30O5. The second-order valence-electron chi connectivity index (χ2n) is 8.26. The van der Waals surface area contributed by atoms with Crippen LogP contribution in [0.25, 0.3) is 0 Å². The molecule has 0 spiro atoms. The molecule has 0 aliphatic heterocycles. The standard InChI is InChI=1S/C19H30O5/c1-11-7-8-16(23-12(2)20)19(6,22)17(24-13(3)21)9-15-14(11)10-18(15,4)5/h14-17,22H,1,7-10H2,2-6H3/t14-,15-,16-,17+,19-/m1/s1. The van der Waals surface area contributed by atoms with Gasteiger partial charge in [0.15, 0.2) is 0 Å². The van der Waals surface area contributed by atoms with Crippen molar-refractivity contribution in [3.63, 3.8) is 0 Å². The Bertz CT molecular complexity index is 534. The molecule has 0 aromatic heterocycles. The highest BCUT2D eigenvalue weighted by atomic mass is 16.6. The first-order chi connectivity index (χ1) is 10.9. The average Bonchev–Trinajstić information content (AvgIpc) is 2.45. The molecule has 0 aromatic rings. The molecule has 2 rings (SSSR count). The lowest BCUT2D eigenvalue weighted by Gasteiger charge is -2.54. The second-order valence-corrected chi connectivity index (χ2v) is 8.26. The Morgan fingerprint density at radius 3 is 2.17 bits per heavy atom. The molecule has 2 fully saturated rings. The minimum atomic E-state index is -1.43. The van der Waals surface area contributed by atoms with Crippen molar-refractivity contribution in [2.24, 2.45) is 17.3 Å². The Balaban J connectivity index is 2.36. The lowest BCUT2D eigenvalue weighted by Crippen LogP contribution is -2.55. The van der Waals surface area contributed by atoms with E-state index in [1.165, 1.54) is 13.8 Å². The van der Waals surface area contributed by atoms with E-state index in [9.17, 15) is 14.7 Å². The molecule has 0 heterocycles. The Morgan fingerprint density at radius 2 is 1.67 bits per heavy atom. The highest BCUT2D eigenvalue weighted by Gasteiger charge is 2.54. The first kappa shape index (κ1) is 19.0. The van der Waals surface area contributed by atoms with Gasteiger partial charge in [0.2, 0.25) is 0 Å². The Morgan fingerprint density at radius 1 is 1.12 bits per heavy atom. The van der Waals surface area contributed by atoms with Crippen LogP contribution in [0.15, 0.2) is 12.2 Å². The van der Waals surface area contributed by atoms with Crippen LogP contribution in [-0.2, 0) is 19.1 Å². The van der Waals surface area contributed by atoms with E-state index in [-0.39, 0.29) is 11.3 Å². The third-order valence-corrected chi connectivity index (χ3v) is 5.88. The van der Waals surface area contributed by atoms with Crippen LogP contribution in [-0.4, -0.2) is 34.9 Å². The van der Waals surface area contributed by atoms with E-state index in [4.69, 9.17) is 9.47 Å². The minimum Gasteiger partial charge on any atom is -0.459 e. The van der Waals surface area contributed by atoms with Gasteiger partial charge in [0.25, 0.3) is 0 Å². The quantitative estimate of drug-likeness (QED) is 0.619. The molecule has 5 heteroatoms. The summed E-state index contributed by atoms with van der Waals surface area (Å²) in [4.78, 5) is 23.1. The van der Waals surface area contributed by atoms with Crippen molar-refractivity contribution in [2.45, 2.75) is 78.1 Å². The number of rotatable bonds is 2. The van der Waals surface area contributed by atoms with Crippen molar-refractivity contribution >= 4 is 11.9 Å². The van der Waals surface area contributed by atoms with Crippen molar-refractivity contribution in [3.05, 3.63) is 12.2 Å². The maximum atomic E-state index is 11.6. The van der Waals surface area contributed by atoms with E-state index in [1.54, 1.807) is 6.92 Å². The zero-order valence-corrected chi connectivity index (χ0v) is 15.4. The average molecular weight is 338 g/mol. The summed E-state index contributed by atoms with van der Waals surface area (Å²) in [5.41, 5.74) is -0.183. The number of carbonyl (C=O) groups is 2. The Hall–Kier alpha value is -1.36. The largest absolute Gasteiger partial charge is 0.459 e. The number of fused-ring (bicyclic) bond motifs is 1. The first-order valence-electron chi connectivity index (χ1n) is 8.69. The topological polar surface area (TPSA) is 72.8 Å². The summed E-state index contributed by atoms with van der Waals surface area (Å²) < 4.78 is 10.9. The first-order valence-corrected chi connectivity index (χ1v) is 8.69. The molecule has 0 aromatic carbocycles. The highest BCUT2D eigenvalue weighted by molar-refractivity contribution is 5.67. The predicted molar refractivity (Wildman–Crippen MR) is 90.1 cm³/mol. The third kappa shape index (κ3) is 3.66. The summed E-state index contributed by atoms with van der Waals surface area (Å²) in [6, 6.07) is 0. The fraction of sp³-hybridized carbons (Fsp3) is 0.789. The number of carbonyl (C=O) groups excluding carboxylic acids is 2. The van der Waals surface area contributed by atoms with Gasteiger partial charge in [0.1, 0.15) is 17.8 Å². The van der Waals surface area contributed by atoms with Crippen LogP contribution in [0.1, 0.15) is 60.3 Å². The highest BCUT2D eigenvalue weighted by Crippen LogP contribution is 2.57. The van der Waals surface area contributed by atoms with Crippen LogP contribution in [0.5, 0.6) is 0 Å². The lowest BCUT2D eigenvalue weighted by molar-refractivity contribution is -0.196. The maximum absolute atomic E-state index is 11.6. The maximum Gasteiger partial charge on any atom is 0.303 e. The van der Waals surface area contributed by atoms with Gasteiger partial charge in [0, 0.05) is 13.8 Å². The predicted octanol–water partition coefficient (Wildman–Crippen LogP) is 3.00. The summed E-state index contributed by atoms with van der Waals surface area (Å²) >= 11 is 0. The molecule has 5 atom stereocenters. The summed E-state index contributed by atoms with van der Waals surface area (Å²) in [5.74, 6) is -0.231. The smallest absolute Gasteiger partial charge is 0.303 e. The van der Waals surface area contributed by atoms with Crippen LogP contribution in [0, 0.1) is 17.3 Å². The fourth-order valence-electron chi connectivity index (χ4n) is 4.37. The molecule has 24 heavy (non-hydrogen) atoms. The van der Waals surface area contributed by atoms with E-state index >= 15 is 0 Å². The molecule has 0 amide bonds. The zero-order chi connectivity index (χ0) is 18.3. The number of hydrogen-bond donors (Lipinski definition) is 1. The lowest BCUT2D eigenvalue weighted by atomic mass is 9.52. The van der Waals surface area contributed by atoms with Crippen LogP contribution < -0.4 is 0 Å². The monoisotopic (exact) mass is 338 g/mol. The van der Waals surface area contributed by atoms with Gasteiger partial charge in [0.05, 0.1) is 0 Å².